The lowest BCUT2D eigenvalue weighted by Crippen LogP contribution is -2.41. The van der Waals surface area contributed by atoms with Gasteiger partial charge in [-0.1, -0.05) is 55.4 Å². The molecule has 0 spiro atoms. The van der Waals surface area contributed by atoms with Gasteiger partial charge >= 0.3 is 0 Å². The van der Waals surface area contributed by atoms with E-state index in [2.05, 4.69) is 41.5 Å². The molecular weight excluding hydrogens is 198 g/mol. The van der Waals surface area contributed by atoms with Crippen LogP contribution in [0.15, 0.2) is 0 Å². The first-order valence-corrected chi connectivity index (χ1v) is 6.27. The molecule has 0 saturated heterocycles. The smallest absolute Gasteiger partial charge is 0.219 e. The fraction of sp³-hybridized carbons (Fsp3) is 0.929. The van der Waals surface area contributed by atoms with Gasteiger partial charge in [-0.3, -0.25) is 4.79 Å². The summed E-state index contributed by atoms with van der Waals surface area (Å²) >= 11 is 0. The lowest BCUT2D eigenvalue weighted by atomic mass is 9.92. The predicted octanol–water partition coefficient (Wildman–Crippen LogP) is 3.95. The lowest BCUT2D eigenvalue weighted by Gasteiger charge is -2.34. The largest absolute Gasteiger partial charge is 0.342 e. The van der Waals surface area contributed by atoms with Crippen LogP contribution < -0.4 is 0 Å². The molecule has 2 heteroatoms. The Morgan fingerprint density at radius 1 is 0.875 bits per heavy atom. The molecule has 0 fully saturated rings. The Morgan fingerprint density at radius 3 is 1.25 bits per heavy atom. The Hall–Kier alpha value is -0.530. The predicted molar refractivity (Wildman–Crippen MR) is 72.5 cm³/mol. The fourth-order valence-corrected chi connectivity index (χ4v) is 1.42. The van der Waals surface area contributed by atoms with Gasteiger partial charge in [-0.15, -0.1) is 0 Å². The van der Waals surface area contributed by atoms with Crippen LogP contribution in [0.5, 0.6) is 0 Å². The highest BCUT2D eigenvalue weighted by Gasteiger charge is 2.23. The molecule has 0 unspecified atom stereocenters. The maximum atomic E-state index is 11.4. The molecule has 0 aliphatic heterocycles. The highest BCUT2D eigenvalue weighted by molar-refractivity contribution is 5.73. The van der Waals surface area contributed by atoms with Gasteiger partial charge < -0.3 is 4.90 Å². The highest BCUT2D eigenvalue weighted by atomic mass is 16.2. The second-order valence-electron chi connectivity index (χ2n) is 6.50. The number of amides is 1. The van der Waals surface area contributed by atoms with E-state index >= 15 is 0 Å². The first kappa shape index (κ1) is 17.9. The van der Waals surface area contributed by atoms with Gasteiger partial charge in [-0.2, -0.15) is 0 Å². The van der Waals surface area contributed by atoms with Gasteiger partial charge in [0.1, 0.15) is 0 Å². The average molecular weight is 229 g/mol. The first-order valence-electron chi connectivity index (χ1n) is 6.27. The van der Waals surface area contributed by atoms with Crippen molar-refractivity contribution in [1.29, 1.82) is 0 Å². The number of nitrogens with zero attached hydrogens (tertiary/aromatic N) is 1. The molecule has 0 bridgehead atoms. The van der Waals surface area contributed by atoms with Crippen LogP contribution in [0.4, 0.5) is 0 Å². The minimum absolute atomic E-state index is 0.176. The molecule has 0 N–H and O–H groups in total. The molecule has 0 radical (unpaired) electrons. The van der Waals surface area contributed by atoms with Crippen molar-refractivity contribution in [2.45, 2.75) is 62.3 Å². The van der Waals surface area contributed by atoms with Gasteiger partial charge in [0.05, 0.1) is 0 Å². The Balaban J connectivity index is 0. The van der Waals surface area contributed by atoms with E-state index in [-0.39, 0.29) is 16.7 Å². The van der Waals surface area contributed by atoms with Crippen LogP contribution in [-0.2, 0) is 4.79 Å². The summed E-state index contributed by atoms with van der Waals surface area (Å²) in [6, 6.07) is 0. The van der Waals surface area contributed by atoms with Crippen molar-refractivity contribution in [3.63, 3.8) is 0 Å². The van der Waals surface area contributed by atoms with E-state index in [9.17, 15) is 4.79 Å². The SMILES string of the molecule is CC.CC(=O)N(CC(C)(C)C)CC(C)(C)C. The van der Waals surface area contributed by atoms with Crippen molar-refractivity contribution < 1.29 is 4.79 Å². The summed E-state index contributed by atoms with van der Waals surface area (Å²) in [6.45, 7) is 20.3. The standard InChI is InChI=1S/C12H25NO.C2H6/c1-10(14)13(8-11(2,3)4)9-12(5,6)7;1-2/h8-9H2,1-7H3;1-2H3. The van der Waals surface area contributed by atoms with Crippen LogP contribution in [0.25, 0.3) is 0 Å². The molecule has 0 rings (SSSR count). The maximum absolute atomic E-state index is 11.4. The van der Waals surface area contributed by atoms with Crippen LogP contribution in [0.3, 0.4) is 0 Å². The minimum Gasteiger partial charge on any atom is -0.342 e. The summed E-state index contributed by atoms with van der Waals surface area (Å²) in [5.74, 6) is 0.176. The molecule has 0 aromatic carbocycles. The number of rotatable bonds is 2. The molecule has 0 aliphatic rings. The molecular formula is C14H31NO. The number of carbonyl (C=O) groups excluding carboxylic acids is 1. The van der Waals surface area contributed by atoms with Crippen molar-refractivity contribution in [2.24, 2.45) is 10.8 Å². The van der Waals surface area contributed by atoms with Crippen molar-refractivity contribution >= 4 is 5.91 Å². The molecule has 0 aromatic heterocycles. The fourth-order valence-electron chi connectivity index (χ4n) is 1.42. The molecule has 0 aliphatic carbocycles. The van der Waals surface area contributed by atoms with Crippen LogP contribution in [0.2, 0.25) is 0 Å². The molecule has 2 nitrogen and oxygen atoms in total. The lowest BCUT2D eigenvalue weighted by molar-refractivity contribution is -0.131. The third-order valence-electron chi connectivity index (χ3n) is 1.78. The highest BCUT2D eigenvalue weighted by Crippen LogP contribution is 2.20. The molecule has 1 amide bonds. The maximum Gasteiger partial charge on any atom is 0.219 e. The Morgan fingerprint density at radius 2 is 1.12 bits per heavy atom. The molecule has 0 aromatic rings. The van der Waals surface area contributed by atoms with Crippen LogP contribution in [0, 0.1) is 10.8 Å². The van der Waals surface area contributed by atoms with E-state index < -0.39 is 0 Å². The normalized spacial score (nSPS) is 11.6. The summed E-state index contributed by atoms with van der Waals surface area (Å²) < 4.78 is 0. The van der Waals surface area contributed by atoms with Gasteiger partial charge in [0, 0.05) is 20.0 Å². The van der Waals surface area contributed by atoms with Gasteiger partial charge in [0.25, 0.3) is 0 Å². The summed E-state index contributed by atoms with van der Waals surface area (Å²) in [7, 11) is 0. The molecule has 0 heterocycles. The topological polar surface area (TPSA) is 20.3 Å². The Bertz CT molecular complexity index is 180. The van der Waals surface area contributed by atoms with Gasteiger partial charge in [0.2, 0.25) is 5.91 Å². The molecule has 98 valence electrons. The Kier molecular flexibility index (Phi) is 7.73. The number of hydrogen-bond donors (Lipinski definition) is 0. The summed E-state index contributed by atoms with van der Waals surface area (Å²) in [4.78, 5) is 13.4. The van der Waals surface area contributed by atoms with Crippen LogP contribution in [-0.4, -0.2) is 23.9 Å². The summed E-state index contributed by atoms with van der Waals surface area (Å²) in [5, 5.41) is 0. The van der Waals surface area contributed by atoms with Crippen molar-refractivity contribution in [3.8, 4) is 0 Å². The average Bonchev–Trinajstić information content (AvgIpc) is 2.01. The van der Waals surface area contributed by atoms with Crippen molar-refractivity contribution in [2.75, 3.05) is 13.1 Å². The first-order chi connectivity index (χ1) is 7.01. The van der Waals surface area contributed by atoms with E-state index in [1.54, 1.807) is 6.92 Å². The molecule has 0 saturated carbocycles. The van der Waals surface area contributed by atoms with Crippen LogP contribution in [0.1, 0.15) is 62.3 Å². The third-order valence-corrected chi connectivity index (χ3v) is 1.78. The summed E-state index contributed by atoms with van der Waals surface area (Å²) in [6.07, 6.45) is 0. The van der Waals surface area contributed by atoms with Gasteiger partial charge in [-0.05, 0) is 10.8 Å². The van der Waals surface area contributed by atoms with Gasteiger partial charge in [0.15, 0.2) is 0 Å². The third kappa shape index (κ3) is 11.5. The quantitative estimate of drug-likeness (QED) is 0.702. The zero-order valence-corrected chi connectivity index (χ0v) is 12.8. The molecule has 16 heavy (non-hydrogen) atoms. The second kappa shape index (κ2) is 6.93. The summed E-state index contributed by atoms with van der Waals surface area (Å²) in [5.41, 5.74) is 0.355. The molecule has 0 atom stereocenters. The monoisotopic (exact) mass is 229 g/mol. The minimum atomic E-state index is 0.176. The zero-order valence-electron chi connectivity index (χ0n) is 12.8. The zero-order chi connectivity index (χ0) is 13.6. The van der Waals surface area contributed by atoms with E-state index in [4.69, 9.17) is 0 Å². The van der Waals surface area contributed by atoms with Crippen molar-refractivity contribution in [1.82, 2.24) is 4.90 Å². The van der Waals surface area contributed by atoms with E-state index in [0.717, 1.165) is 13.1 Å². The number of carbonyl (C=O) groups is 1. The van der Waals surface area contributed by atoms with E-state index in [1.165, 1.54) is 0 Å². The van der Waals surface area contributed by atoms with Crippen LogP contribution >= 0.6 is 0 Å². The second-order valence-corrected chi connectivity index (χ2v) is 6.50. The van der Waals surface area contributed by atoms with Crippen molar-refractivity contribution in [3.05, 3.63) is 0 Å². The number of hydrogen-bond acceptors (Lipinski definition) is 1. The Labute approximate surface area is 102 Å². The van der Waals surface area contributed by atoms with E-state index in [0.29, 0.717) is 0 Å². The van der Waals surface area contributed by atoms with E-state index in [1.807, 2.05) is 18.7 Å². The van der Waals surface area contributed by atoms with Gasteiger partial charge in [-0.25, -0.2) is 0 Å².